The number of hydrogen-bond donors (Lipinski definition) is 0. The third-order valence-corrected chi connectivity index (χ3v) is 10.3. The number of nitrogens with zero attached hydrogens (tertiary/aromatic N) is 6. The molecule has 237 valence electrons. The Hall–Kier alpha value is -5.03. The molecule has 0 saturated carbocycles. The molecule has 0 aliphatic carbocycles. The molecule has 3 heterocycles. The standard InChI is InChI=1S/C18H15P.C9H9BN6.C9H7O.CO.W/c1-4-10-16(11-5-1)19(17-12-6-2-7-13-17)18-14-8-3-9-15-18;1-4-11-14(7-1)10(15-8-2-5-12-15)16-9-3-6-13-16;1-8-2-4-9(5-3-8)6-7-10;1-2;/h1-15H;1-9H;2-5H,1H3;;/q;2*-1;;. The maximum Gasteiger partial charge on any atom is 0.260 e. The molecule has 3 aromatic heterocycles. The minimum absolute atomic E-state index is 0.194. The summed E-state index contributed by atoms with van der Waals surface area (Å²) in [4.78, 5) is 10.2. The summed E-state index contributed by atoms with van der Waals surface area (Å²) in [5, 5.41) is 16.9. The van der Waals surface area contributed by atoms with Crippen LogP contribution in [0.3, 0.4) is 0 Å². The van der Waals surface area contributed by atoms with Crippen molar-refractivity contribution < 1.29 is 28.8 Å². The Bertz CT molecular complexity index is 1750. The zero-order valence-electron chi connectivity index (χ0n) is 26.1. The van der Waals surface area contributed by atoms with Crippen molar-refractivity contribution in [2.45, 2.75) is 6.92 Å². The van der Waals surface area contributed by atoms with Gasteiger partial charge in [-0.25, -0.2) is 15.3 Å². The van der Waals surface area contributed by atoms with Gasteiger partial charge in [0, 0.05) is 18.6 Å². The van der Waals surface area contributed by atoms with E-state index in [4.69, 9.17) is 4.65 Å². The van der Waals surface area contributed by atoms with E-state index in [-0.39, 0.29) is 7.12 Å². The van der Waals surface area contributed by atoms with Crippen molar-refractivity contribution in [2.24, 2.45) is 0 Å². The van der Waals surface area contributed by atoms with E-state index in [2.05, 4.69) is 113 Å². The van der Waals surface area contributed by atoms with Crippen molar-refractivity contribution in [3.05, 3.63) is 188 Å². The predicted molar refractivity (Wildman–Crippen MR) is 189 cm³/mol. The van der Waals surface area contributed by atoms with E-state index in [0.29, 0.717) is 0 Å². The molecule has 0 atom stereocenters. The van der Waals surface area contributed by atoms with Crippen LogP contribution < -0.4 is 15.9 Å². The molecule has 1 radical (unpaired) electrons. The normalized spacial score (nSPS) is 10.0. The van der Waals surface area contributed by atoms with Crippen LogP contribution in [-0.2, 0) is 28.8 Å². The minimum Gasteiger partial charge on any atom is -0.425 e. The first-order chi connectivity index (χ1) is 23.6. The van der Waals surface area contributed by atoms with Gasteiger partial charge in [-0.1, -0.05) is 91.0 Å². The van der Waals surface area contributed by atoms with Crippen molar-refractivity contribution in [1.29, 1.82) is 0 Å². The molecule has 0 aliphatic heterocycles. The Kier molecular flexibility index (Phi) is 14.6. The van der Waals surface area contributed by atoms with E-state index in [9.17, 15) is 4.79 Å². The quantitative estimate of drug-likeness (QED) is 0.0957. The molecule has 0 N–H and O–H groups in total. The first-order valence-corrected chi connectivity index (χ1v) is 17.6. The molecule has 0 saturated heterocycles. The van der Waals surface area contributed by atoms with Gasteiger partial charge in [0.15, 0.2) is 0 Å². The van der Waals surface area contributed by atoms with Gasteiger partial charge in [-0.05, 0) is 60.6 Å². The molecule has 8 nitrogen and oxygen atoms in total. The fourth-order valence-corrected chi connectivity index (χ4v) is 7.35. The number of benzene rings is 4. The largest absolute Gasteiger partial charge is 0.425 e. The van der Waals surface area contributed by atoms with E-state index >= 15 is 0 Å². The Morgan fingerprint density at radius 1 is 0.625 bits per heavy atom. The molecule has 48 heavy (non-hydrogen) atoms. The van der Waals surface area contributed by atoms with E-state index < -0.39 is 7.92 Å². The smallest absolute Gasteiger partial charge is 0.260 e. The predicted octanol–water partition coefficient (Wildman–Crippen LogP) is 4.79. The van der Waals surface area contributed by atoms with Crippen LogP contribution in [0, 0.1) is 13.6 Å². The fourth-order valence-electron chi connectivity index (χ4n) is 4.56. The molecule has 7 rings (SSSR count). The molecule has 0 unspecified atom stereocenters. The molecular formula is C37H31BN6O2PW-2. The van der Waals surface area contributed by atoms with Crippen LogP contribution in [0.2, 0.25) is 0 Å². The van der Waals surface area contributed by atoms with Gasteiger partial charge >= 0.3 is 88.0 Å². The maximum absolute atomic E-state index is 10.2. The average Bonchev–Trinajstić information content (AvgIpc) is 3.98. The number of carbonyl (C=O) groups excluding carboxylic acids is 1. The van der Waals surface area contributed by atoms with Crippen LogP contribution in [0.25, 0.3) is 0 Å². The maximum atomic E-state index is 10.2. The van der Waals surface area contributed by atoms with Gasteiger partial charge in [0.1, 0.15) is 0 Å². The van der Waals surface area contributed by atoms with Crippen LogP contribution in [0.1, 0.15) is 11.1 Å². The first-order valence-electron chi connectivity index (χ1n) is 14.8. The fraction of sp³-hybridized carbons (Fsp3) is 0.0270. The zero-order chi connectivity index (χ0) is 34.0. The van der Waals surface area contributed by atoms with Crippen LogP contribution in [0.15, 0.2) is 171 Å². The van der Waals surface area contributed by atoms with Gasteiger partial charge in [-0.15, -0.1) is 0 Å². The molecule has 0 bridgehead atoms. The summed E-state index contributed by atoms with van der Waals surface area (Å²) in [5.74, 6) is 0. The summed E-state index contributed by atoms with van der Waals surface area (Å²) in [7, 11) is -0.640. The molecular weight excluding hydrogens is 786 g/mol. The average molecular weight is 817 g/mol. The number of aryl methyl sites for hydroxylation is 1. The third-order valence-electron chi connectivity index (χ3n) is 6.73. The third kappa shape index (κ3) is 10.2. The summed E-state index contributed by atoms with van der Waals surface area (Å²) in [5.41, 5.74) is 2.20. The van der Waals surface area contributed by atoms with Gasteiger partial charge in [-0.3, -0.25) is 0 Å². The molecule has 11 heteroatoms. The monoisotopic (exact) mass is 817 g/mol. The minimum atomic E-state index is -0.446. The first kappa shape index (κ1) is 35.8. The Morgan fingerprint density at radius 3 is 1.27 bits per heavy atom. The Morgan fingerprint density at radius 2 is 0.979 bits per heavy atom. The topological polar surface area (TPSA) is 90.4 Å². The van der Waals surface area contributed by atoms with Crippen LogP contribution in [0.5, 0.6) is 0 Å². The van der Waals surface area contributed by atoms with E-state index in [1.54, 1.807) is 32.4 Å². The van der Waals surface area contributed by atoms with Crippen molar-refractivity contribution in [1.82, 2.24) is 29.1 Å². The van der Waals surface area contributed by atoms with Crippen molar-refractivity contribution in [3.8, 4) is 0 Å². The number of rotatable bonds is 8. The molecule has 0 spiro atoms. The summed E-state index contributed by atoms with van der Waals surface area (Å²) in [6.07, 6.45) is 12.8. The summed E-state index contributed by atoms with van der Waals surface area (Å²) in [6, 6.07) is 45.8. The molecule has 0 fully saturated rings. The number of aromatic nitrogens is 6. The van der Waals surface area contributed by atoms with Crippen LogP contribution in [0.4, 0.5) is 0 Å². The molecule has 0 aliphatic rings. The SMILES string of the molecule is Cc1ccc([C](=[W])[C-]=O)cc1.[C-]#[O+].c1ccc(P(c2ccccc2)c2ccccc2)cc1.c1cnn([B-](n2cccn2)n2cccn2)c1. The van der Waals surface area contributed by atoms with E-state index in [0.717, 1.165) is 9.46 Å². The van der Waals surface area contributed by atoms with Crippen molar-refractivity contribution in [3.63, 3.8) is 0 Å². The summed E-state index contributed by atoms with van der Waals surface area (Å²) >= 11 is 1.17. The van der Waals surface area contributed by atoms with E-state index in [1.807, 2.05) is 74.3 Å². The van der Waals surface area contributed by atoms with Crippen molar-refractivity contribution >= 4 is 41.1 Å². The Labute approximate surface area is 293 Å². The van der Waals surface area contributed by atoms with Gasteiger partial charge < -0.3 is 13.8 Å². The van der Waals surface area contributed by atoms with E-state index in [1.165, 1.54) is 40.8 Å². The van der Waals surface area contributed by atoms with Gasteiger partial charge in [0.25, 0.3) is 7.12 Å². The molecule has 7 aromatic rings. The molecule has 0 amide bonds. The van der Waals surface area contributed by atoms with Gasteiger partial charge in [0.05, 0.1) is 0 Å². The van der Waals surface area contributed by atoms with Crippen LogP contribution in [-0.4, -0.2) is 46.4 Å². The second kappa shape index (κ2) is 19.6. The zero-order valence-corrected chi connectivity index (χ0v) is 29.9. The number of hydrogen-bond acceptors (Lipinski definition) is 4. The van der Waals surface area contributed by atoms with Crippen LogP contribution >= 0.6 is 7.92 Å². The summed E-state index contributed by atoms with van der Waals surface area (Å²) in [6.45, 7) is 6.52. The van der Waals surface area contributed by atoms with Crippen molar-refractivity contribution in [2.75, 3.05) is 0 Å². The molecule has 4 aromatic carbocycles. The van der Waals surface area contributed by atoms with Gasteiger partial charge in [-0.2, -0.15) is 0 Å². The summed E-state index contributed by atoms with van der Waals surface area (Å²) < 4.78 is 13.6. The second-order valence-electron chi connectivity index (χ2n) is 9.94. The Balaban J connectivity index is 0.000000164. The van der Waals surface area contributed by atoms with Gasteiger partial charge in [0.2, 0.25) is 0 Å². The second-order valence-corrected chi connectivity index (χ2v) is 13.6.